The molecule has 0 saturated carbocycles. The van der Waals surface area contributed by atoms with Crippen LogP contribution in [0, 0.1) is 0 Å². The van der Waals surface area contributed by atoms with E-state index in [0.29, 0.717) is 6.67 Å². The van der Waals surface area contributed by atoms with Crippen LogP contribution < -0.4 is 11.1 Å². The lowest BCUT2D eigenvalue weighted by Gasteiger charge is -1.87. The molecule has 1 heterocycles. The standard InChI is InChI=1S/C3H8N2O/c4-2-5-3-1-6-3/h3,5H,1-2,4H2. The minimum Gasteiger partial charge on any atom is -0.357 e. The van der Waals surface area contributed by atoms with Crippen LogP contribution in [-0.4, -0.2) is 19.5 Å². The normalized spacial score (nSPS) is 30.5. The Bertz CT molecular complexity index is 44.1. The lowest BCUT2D eigenvalue weighted by atomic mass is 10.8. The Balaban J connectivity index is 1.88. The van der Waals surface area contributed by atoms with Crippen molar-refractivity contribution in [2.45, 2.75) is 6.23 Å². The van der Waals surface area contributed by atoms with Crippen LogP contribution in [-0.2, 0) is 4.74 Å². The molecule has 1 saturated heterocycles. The van der Waals surface area contributed by atoms with Crippen LogP contribution in [0.5, 0.6) is 0 Å². The fourth-order valence-electron chi connectivity index (χ4n) is 0.297. The van der Waals surface area contributed by atoms with E-state index in [1.165, 1.54) is 0 Å². The highest BCUT2D eigenvalue weighted by atomic mass is 16.6. The summed E-state index contributed by atoms with van der Waals surface area (Å²) in [5, 5.41) is 2.88. The quantitative estimate of drug-likeness (QED) is 0.331. The van der Waals surface area contributed by atoms with Crippen molar-refractivity contribution in [3.63, 3.8) is 0 Å². The first-order chi connectivity index (χ1) is 2.93. The van der Waals surface area contributed by atoms with E-state index in [2.05, 4.69) is 5.32 Å². The van der Waals surface area contributed by atoms with E-state index in [-0.39, 0.29) is 6.23 Å². The van der Waals surface area contributed by atoms with Gasteiger partial charge in [0.1, 0.15) is 6.23 Å². The van der Waals surface area contributed by atoms with E-state index in [9.17, 15) is 0 Å². The molecule has 0 spiro atoms. The van der Waals surface area contributed by atoms with Crippen molar-refractivity contribution in [2.75, 3.05) is 13.3 Å². The molecule has 1 rings (SSSR count). The smallest absolute Gasteiger partial charge is 0.132 e. The third-order valence-corrected chi connectivity index (χ3v) is 0.679. The zero-order valence-electron chi connectivity index (χ0n) is 3.48. The number of epoxide rings is 1. The lowest BCUT2D eigenvalue weighted by molar-refractivity contribution is 0.372. The molecule has 3 N–H and O–H groups in total. The van der Waals surface area contributed by atoms with Crippen LogP contribution >= 0.6 is 0 Å². The first kappa shape index (κ1) is 4.05. The first-order valence-electron chi connectivity index (χ1n) is 1.98. The topological polar surface area (TPSA) is 50.6 Å². The lowest BCUT2D eigenvalue weighted by Crippen LogP contribution is -2.24. The monoisotopic (exact) mass is 88.1 g/mol. The van der Waals surface area contributed by atoms with Gasteiger partial charge in [-0.2, -0.15) is 0 Å². The summed E-state index contributed by atoms with van der Waals surface area (Å²) >= 11 is 0. The summed E-state index contributed by atoms with van der Waals surface area (Å²) in [6.45, 7) is 1.35. The van der Waals surface area contributed by atoms with Crippen LogP contribution in [0.15, 0.2) is 0 Å². The molecular formula is C3H8N2O. The SMILES string of the molecule is NCNC1CO1. The molecule has 0 radical (unpaired) electrons. The summed E-state index contributed by atoms with van der Waals surface area (Å²) in [6.07, 6.45) is 0.273. The predicted molar refractivity (Wildman–Crippen MR) is 21.9 cm³/mol. The molecule has 1 fully saturated rings. The molecule has 36 valence electrons. The van der Waals surface area contributed by atoms with E-state index in [1.54, 1.807) is 0 Å². The second kappa shape index (κ2) is 1.55. The third kappa shape index (κ3) is 0.931. The van der Waals surface area contributed by atoms with E-state index in [4.69, 9.17) is 10.5 Å². The van der Waals surface area contributed by atoms with Gasteiger partial charge in [-0.3, -0.25) is 5.32 Å². The summed E-state index contributed by atoms with van der Waals surface area (Å²) in [6, 6.07) is 0. The Morgan fingerprint density at radius 2 is 2.67 bits per heavy atom. The molecule has 1 atom stereocenters. The summed E-state index contributed by atoms with van der Waals surface area (Å²) in [5.41, 5.74) is 5.08. The molecule has 0 aromatic carbocycles. The maximum absolute atomic E-state index is 5.08. The van der Waals surface area contributed by atoms with E-state index < -0.39 is 0 Å². The third-order valence-electron chi connectivity index (χ3n) is 0.679. The number of rotatable bonds is 2. The minimum atomic E-state index is 0.273. The Labute approximate surface area is 36.5 Å². The first-order valence-corrected chi connectivity index (χ1v) is 1.98. The predicted octanol–water partition coefficient (Wildman–Crippen LogP) is -1.15. The molecule has 3 nitrogen and oxygen atoms in total. The maximum Gasteiger partial charge on any atom is 0.132 e. The number of nitrogens with one attached hydrogen (secondary N) is 1. The van der Waals surface area contributed by atoms with Gasteiger partial charge in [-0.25, -0.2) is 0 Å². The number of hydrogen-bond donors (Lipinski definition) is 2. The molecule has 0 bridgehead atoms. The molecule has 1 aliphatic rings. The number of hydrogen-bond acceptors (Lipinski definition) is 3. The zero-order chi connectivity index (χ0) is 4.41. The molecule has 6 heavy (non-hydrogen) atoms. The fraction of sp³-hybridized carbons (Fsp3) is 1.00. The maximum atomic E-state index is 5.08. The summed E-state index contributed by atoms with van der Waals surface area (Å²) < 4.78 is 4.76. The van der Waals surface area contributed by atoms with Gasteiger partial charge in [-0.05, 0) is 0 Å². The van der Waals surface area contributed by atoms with Crippen LogP contribution in [0.25, 0.3) is 0 Å². The average molecular weight is 88.1 g/mol. The minimum absolute atomic E-state index is 0.273. The highest BCUT2D eigenvalue weighted by molar-refractivity contribution is 4.62. The molecule has 0 aromatic heterocycles. The molecule has 3 heteroatoms. The summed E-state index contributed by atoms with van der Waals surface area (Å²) in [4.78, 5) is 0. The molecule has 1 unspecified atom stereocenters. The molecule has 0 aliphatic carbocycles. The van der Waals surface area contributed by atoms with Gasteiger partial charge in [0.25, 0.3) is 0 Å². The van der Waals surface area contributed by atoms with Crippen LogP contribution in [0.1, 0.15) is 0 Å². The second-order valence-corrected chi connectivity index (χ2v) is 1.23. The Morgan fingerprint density at radius 3 is 2.83 bits per heavy atom. The number of ether oxygens (including phenoxy) is 1. The molecular weight excluding hydrogens is 80.0 g/mol. The van der Waals surface area contributed by atoms with Gasteiger partial charge in [0.15, 0.2) is 0 Å². The van der Waals surface area contributed by atoms with Gasteiger partial charge in [-0.15, -0.1) is 0 Å². The van der Waals surface area contributed by atoms with Crippen molar-refractivity contribution in [1.29, 1.82) is 0 Å². The van der Waals surface area contributed by atoms with Gasteiger partial charge < -0.3 is 10.5 Å². The largest absolute Gasteiger partial charge is 0.357 e. The van der Waals surface area contributed by atoms with Crippen molar-refractivity contribution in [1.82, 2.24) is 5.32 Å². The van der Waals surface area contributed by atoms with Gasteiger partial charge in [0.2, 0.25) is 0 Å². The van der Waals surface area contributed by atoms with Crippen LogP contribution in [0.4, 0.5) is 0 Å². The highest BCUT2D eigenvalue weighted by Crippen LogP contribution is 2.01. The zero-order valence-corrected chi connectivity index (χ0v) is 3.48. The Hall–Kier alpha value is -0.120. The van der Waals surface area contributed by atoms with Gasteiger partial charge in [0.05, 0.1) is 6.61 Å². The van der Waals surface area contributed by atoms with E-state index in [0.717, 1.165) is 6.61 Å². The van der Waals surface area contributed by atoms with Gasteiger partial charge >= 0.3 is 0 Å². The van der Waals surface area contributed by atoms with Crippen LogP contribution in [0.3, 0.4) is 0 Å². The number of nitrogens with two attached hydrogens (primary N) is 1. The second-order valence-electron chi connectivity index (χ2n) is 1.23. The Morgan fingerprint density at radius 1 is 2.00 bits per heavy atom. The van der Waals surface area contributed by atoms with Crippen molar-refractivity contribution < 1.29 is 4.74 Å². The molecule has 0 amide bonds. The van der Waals surface area contributed by atoms with E-state index in [1.807, 2.05) is 0 Å². The molecule has 1 aliphatic heterocycles. The fourth-order valence-corrected chi connectivity index (χ4v) is 0.297. The van der Waals surface area contributed by atoms with Crippen molar-refractivity contribution in [2.24, 2.45) is 5.73 Å². The summed E-state index contributed by atoms with van der Waals surface area (Å²) in [7, 11) is 0. The van der Waals surface area contributed by atoms with Gasteiger partial charge in [-0.1, -0.05) is 0 Å². The van der Waals surface area contributed by atoms with Crippen molar-refractivity contribution in [3.05, 3.63) is 0 Å². The van der Waals surface area contributed by atoms with E-state index >= 15 is 0 Å². The Kier molecular flexibility index (Phi) is 1.05. The van der Waals surface area contributed by atoms with Crippen molar-refractivity contribution >= 4 is 0 Å². The highest BCUT2D eigenvalue weighted by Gasteiger charge is 2.19. The summed E-state index contributed by atoms with van der Waals surface area (Å²) in [5.74, 6) is 0. The average Bonchev–Trinajstić information content (AvgIpc) is 2.21. The molecule has 0 aromatic rings. The van der Waals surface area contributed by atoms with Crippen molar-refractivity contribution in [3.8, 4) is 0 Å². The van der Waals surface area contributed by atoms with Gasteiger partial charge in [0, 0.05) is 6.67 Å². The van der Waals surface area contributed by atoms with Crippen LogP contribution in [0.2, 0.25) is 0 Å².